The number of carbonyl (C=O) groups is 1. The van der Waals surface area contributed by atoms with Crippen molar-refractivity contribution in [3.05, 3.63) is 88.1 Å². The molecule has 1 heterocycles. The van der Waals surface area contributed by atoms with Gasteiger partial charge in [-0.05, 0) is 55.7 Å². The van der Waals surface area contributed by atoms with Crippen LogP contribution in [0.15, 0.2) is 60.8 Å². The second kappa shape index (κ2) is 8.69. The number of carbonyl (C=O) groups excluding carboxylic acids is 1. The molecule has 3 rings (SSSR count). The second-order valence-corrected chi connectivity index (χ2v) is 6.91. The number of benzene rings is 2. The van der Waals surface area contributed by atoms with Gasteiger partial charge in [-0.1, -0.05) is 47.5 Å². The van der Waals surface area contributed by atoms with Crippen molar-refractivity contribution < 1.29 is 4.79 Å². The van der Waals surface area contributed by atoms with Crippen LogP contribution in [0.4, 0.5) is 11.5 Å². The molecule has 0 atom stereocenters. The summed E-state index contributed by atoms with van der Waals surface area (Å²) in [4.78, 5) is 17.0. The first-order valence-electron chi connectivity index (χ1n) is 8.85. The topological polar surface area (TPSA) is 54.0 Å². The van der Waals surface area contributed by atoms with Crippen molar-refractivity contribution in [1.29, 1.82) is 0 Å². The van der Waals surface area contributed by atoms with Crippen molar-refractivity contribution in [3.63, 3.8) is 0 Å². The standard InChI is InChI=1S/C22H22ClN3O/c1-15-5-8-17(9-6-15)11-13-25-22(27)19-4-3-12-24-21(19)26-20-14-18(23)10-7-16(20)2/h3-10,12,14H,11,13H2,1-2H3,(H,24,26)(H,25,27). The molecule has 0 bridgehead atoms. The Labute approximate surface area is 164 Å². The number of aromatic nitrogens is 1. The molecule has 0 aliphatic carbocycles. The fourth-order valence-corrected chi connectivity index (χ4v) is 2.89. The van der Waals surface area contributed by atoms with Gasteiger partial charge in [-0.3, -0.25) is 4.79 Å². The monoisotopic (exact) mass is 379 g/mol. The molecule has 27 heavy (non-hydrogen) atoms. The number of anilines is 2. The predicted octanol–water partition coefficient (Wildman–Crippen LogP) is 5.07. The molecule has 1 aromatic heterocycles. The van der Waals surface area contributed by atoms with E-state index in [2.05, 4.69) is 46.8 Å². The Morgan fingerprint density at radius 3 is 2.63 bits per heavy atom. The summed E-state index contributed by atoms with van der Waals surface area (Å²) >= 11 is 6.08. The van der Waals surface area contributed by atoms with E-state index in [0.717, 1.165) is 17.7 Å². The lowest BCUT2D eigenvalue weighted by Crippen LogP contribution is -2.26. The molecule has 2 N–H and O–H groups in total. The molecule has 0 aliphatic rings. The third kappa shape index (κ3) is 5.08. The quantitative estimate of drug-likeness (QED) is 0.628. The molecular weight excluding hydrogens is 358 g/mol. The van der Waals surface area contributed by atoms with Gasteiger partial charge in [0.2, 0.25) is 0 Å². The maximum atomic E-state index is 12.6. The highest BCUT2D eigenvalue weighted by Gasteiger charge is 2.13. The Morgan fingerprint density at radius 1 is 1.07 bits per heavy atom. The molecule has 0 saturated carbocycles. The second-order valence-electron chi connectivity index (χ2n) is 6.48. The Bertz CT molecular complexity index is 939. The van der Waals surface area contributed by atoms with Crippen LogP contribution in [0.3, 0.4) is 0 Å². The van der Waals surface area contributed by atoms with E-state index in [4.69, 9.17) is 11.6 Å². The van der Waals surface area contributed by atoms with Gasteiger partial charge >= 0.3 is 0 Å². The maximum absolute atomic E-state index is 12.6. The summed E-state index contributed by atoms with van der Waals surface area (Å²) < 4.78 is 0. The lowest BCUT2D eigenvalue weighted by Gasteiger charge is -2.13. The number of aryl methyl sites for hydroxylation is 2. The van der Waals surface area contributed by atoms with Crippen molar-refractivity contribution in [2.75, 3.05) is 11.9 Å². The lowest BCUT2D eigenvalue weighted by molar-refractivity contribution is 0.0954. The molecule has 2 aromatic carbocycles. The number of hydrogen-bond donors (Lipinski definition) is 2. The van der Waals surface area contributed by atoms with Crippen LogP contribution in [-0.2, 0) is 6.42 Å². The molecule has 0 unspecified atom stereocenters. The normalized spacial score (nSPS) is 10.5. The van der Waals surface area contributed by atoms with Crippen molar-refractivity contribution >= 4 is 29.0 Å². The molecule has 138 valence electrons. The number of pyridine rings is 1. The lowest BCUT2D eigenvalue weighted by atomic mass is 10.1. The van der Waals surface area contributed by atoms with Gasteiger partial charge in [0.25, 0.3) is 5.91 Å². The Balaban J connectivity index is 1.68. The van der Waals surface area contributed by atoms with E-state index in [9.17, 15) is 4.79 Å². The molecule has 4 nitrogen and oxygen atoms in total. The fourth-order valence-electron chi connectivity index (χ4n) is 2.71. The largest absolute Gasteiger partial charge is 0.352 e. The van der Waals surface area contributed by atoms with Crippen LogP contribution in [0.1, 0.15) is 27.0 Å². The van der Waals surface area contributed by atoms with Gasteiger partial charge in [0.15, 0.2) is 0 Å². The molecule has 5 heteroatoms. The first-order chi connectivity index (χ1) is 13.0. The summed E-state index contributed by atoms with van der Waals surface area (Å²) in [6.45, 7) is 4.60. The van der Waals surface area contributed by atoms with E-state index in [-0.39, 0.29) is 5.91 Å². The van der Waals surface area contributed by atoms with E-state index in [1.54, 1.807) is 18.3 Å². The minimum Gasteiger partial charge on any atom is -0.352 e. The highest BCUT2D eigenvalue weighted by Crippen LogP contribution is 2.25. The van der Waals surface area contributed by atoms with Crippen LogP contribution in [0.5, 0.6) is 0 Å². The van der Waals surface area contributed by atoms with Crippen molar-refractivity contribution in [1.82, 2.24) is 10.3 Å². The highest BCUT2D eigenvalue weighted by molar-refractivity contribution is 6.30. The summed E-state index contributed by atoms with van der Waals surface area (Å²) in [6, 6.07) is 17.4. The third-order valence-corrected chi connectivity index (χ3v) is 4.56. The summed E-state index contributed by atoms with van der Waals surface area (Å²) in [5, 5.41) is 6.82. The van der Waals surface area contributed by atoms with Crippen molar-refractivity contribution in [3.8, 4) is 0 Å². The molecular formula is C22H22ClN3O. The van der Waals surface area contributed by atoms with Crippen LogP contribution < -0.4 is 10.6 Å². The summed E-state index contributed by atoms with van der Waals surface area (Å²) in [6.07, 6.45) is 2.44. The van der Waals surface area contributed by atoms with Gasteiger partial charge in [-0.2, -0.15) is 0 Å². The first-order valence-corrected chi connectivity index (χ1v) is 9.22. The third-order valence-electron chi connectivity index (χ3n) is 4.32. The number of amides is 1. The Hall–Kier alpha value is -2.85. The van der Waals surface area contributed by atoms with Gasteiger partial charge in [0.1, 0.15) is 5.82 Å². The van der Waals surface area contributed by atoms with Gasteiger partial charge in [0, 0.05) is 23.5 Å². The van der Waals surface area contributed by atoms with Crippen molar-refractivity contribution in [2.45, 2.75) is 20.3 Å². The van der Waals surface area contributed by atoms with Crippen LogP contribution in [-0.4, -0.2) is 17.4 Å². The fraction of sp³-hybridized carbons (Fsp3) is 0.182. The molecule has 0 saturated heterocycles. The number of nitrogens with one attached hydrogen (secondary N) is 2. The van der Waals surface area contributed by atoms with Gasteiger partial charge in [-0.25, -0.2) is 4.98 Å². The first kappa shape index (κ1) is 18.9. The number of hydrogen-bond acceptors (Lipinski definition) is 3. The van der Waals surface area contributed by atoms with E-state index < -0.39 is 0 Å². The number of halogens is 1. The summed E-state index contributed by atoms with van der Waals surface area (Å²) in [5.41, 5.74) is 4.77. The summed E-state index contributed by atoms with van der Waals surface area (Å²) in [7, 11) is 0. The van der Waals surface area contributed by atoms with Crippen molar-refractivity contribution in [2.24, 2.45) is 0 Å². The minimum atomic E-state index is -0.155. The Kier molecular flexibility index (Phi) is 6.09. The number of rotatable bonds is 6. The SMILES string of the molecule is Cc1ccc(CCNC(=O)c2cccnc2Nc2cc(Cl)ccc2C)cc1. The zero-order valence-corrected chi connectivity index (χ0v) is 16.2. The molecule has 0 aliphatic heterocycles. The molecule has 1 amide bonds. The van der Waals surface area contributed by atoms with Crippen LogP contribution in [0.25, 0.3) is 0 Å². The average Bonchev–Trinajstić information content (AvgIpc) is 2.66. The van der Waals surface area contributed by atoms with Crippen LogP contribution >= 0.6 is 11.6 Å². The van der Waals surface area contributed by atoms with Gasteiger partial charge < -0.3 is 10.6 Å². The smallest absolute Gasteiger partial charge is 0.255 e. The Morgan fingerprint density at radius 2 is 1.85 bits per heavy atom. The van der Waals surface area contributed by atoms with E-state index in [1.807, 2.05) is 25.1 Å². The van der Waals surface area contributed by atoms with Gasteiger partial charge in [-0.15, -0.1) is 0 Å². The van der Waals surface area contributed by atoms with Gasteiger partial charge in [0.05, 0.1) is 5.56 Å². The molecule has 0 fully saturated rings. The predicted molar refractivity (Wildman–Crippen MR) is 111 cm³/mol. The molecule has 0 spiro atoms. The van der Waals surface area contributed by atoms with Crippen LogP contribution in [0.2, 0.25) is 5.02 Å². The van der Waals surface area contributed by atoms with Crippen LogP contribution in [0, 0.1) is 13.8 Å². The zero-order valence-electron chi connectivity index (χ0n) is 15.4. The van der Waals surface area contributed by atoms with E-state index in [0.29, 0.717) is 22.9 Å². The molecule has 0 radical (unpaired) electrons. The average molecular weight is 380 g/mol. The maximum Gasteiger partial charge on any atom is 0.255 e. The number of nitrogens with zero attached hydrogens (tertiary/aromatic N) is 1. The molecule has 3 aromatic rings. The van der Waals surface area contributed by atoms with E-state index >= 15 is 0 Å². The highest BCUT2D eigenvalue weighted by atomic mass is 35.5. The zero-order chi connectivity index (χ0) is 19.2. The summed E-state index contributed by atoms with van der Waals surface area (Å²) in [5.74, 6) is 0.355. The van der Waals surface area contributed by atoms with E-state index in [1.165, 1.54) is 11.1 Å². The minimum absolute atomic E-state index is 0.155.